The Balaban J connectivity index is 1.98. The average Bonchev–Trinajstić information content (AvgIpc) is 3.06. The first kappa shape index (κ1) is 17.6. The molecule has 0 saturated heterocycles. The Morgan fingerprint density at radius 2 is 1.66 bits per heavy atom. The molecule has 0 aliphatic carbocycles. The molecular weight excluding hydrogens is 362 g/mol. The molecule has 3 heterocycles. The van der Waals surface area contributed by atoms with Gasteiger partial charge in [-0.1, -0.05) is 36.8 Å². The van der Waals surface area contributed by atoms with Crippen LogP contribution in [-0.2, 0) is 0 Å². The second-order valence-electron chi connectivity index (χ2n) is 7.47. The van der Waals surface area contributed by atoms with Gasteiger partial charge in [-0.25, -0.2) is 15.0 Å². The monoisotopic (exact) mass is 383 g/mol. The van der Waals surface area contributed by atoms with E-state index < -0.39 is 0 Å². The second kappa shape index (κ2) is 6.51. The van der Waals surface area contributed by atoms with Crippen molar-refractivity contribution in [3.05, 3.63) is 70.8 Å². The van der Waals surface area contributed by atoms with Gasteiger partial charge in [0.15, 0.2) is 11.3 Å². The summed E-state index contributed by atoms with van der Waals surface area (Å²) in [6.07, 6.45) is 2.49. The molecule has 1 atom stereocenters. The smallest absolute Gasteiger partial charge is 0.265 e. The predicted octanol–water partition coefficient (Wildman–Crippen LogP) is 4.56. The molecule has 2 aromatic carbocycles. The normalized spacial score (nSPS) is 12.8. The molecule has 0 bridgehead atoms. The number of para-hydroxylation sites is 2. The first-order valence-corrected chi connectivity index (χ1v) is 9.83. The van der Waals surface area contributed by atoms with Crippen molar-refractivity contribution in [3.63, 3.8) is 0 Å². The van der Waals surface area contributed by atoms with Gasteiger partial charge in [-0.05, 0) is 44.5 Å². The van der Waals surface area contributed by atoms with Crippen molar-refractivity contribution >= 4 is 33.2 Å². The van der Waals surface area contributed by atoms with E-state index in [4.69, 9.17) is 9.97 Å². The molecule has 0 aliphatic rings. The maximum absolute atomic E-state index is 13.4. The van der Waals surface area contributed by atoms with Gasteiger partial charge in [0, 0.05) is 11.7 Å². The highest BCUT2D eigenvalue weighted by Crippen LogP contribution is 2.28. The number of fused-ring (bicyclic) bond motifs is 4. The lowest BCUT2D eigenvalue weighted by Crippen LogP contribution is -2.23. The minimum atomic E-state index is -0.0789. The molecule has 0 spiro atoms. The van der Waals surface area contributed by atoms with Gasteiger partial charge in [-0.2, -0.15) is 0 Å². The van der Waals surface area contributed by atoms with Gasteiger partial charge in [0.25, 0.3) is 5.56 Å². The van der Waals surface area contributed by atoms with E-state index in [1.165, 1.54) is 0 Å². The highest BCUT2D eigenvalue weighted by atomic mass is 16.1. The Morgan fingerprint density at radius 1 is 0.966 bits per heavy atom. The van der Waals surface area contributed by atoms with Gasteiger partial charge < -0.3 is 0 Å². The summed E-state index contributed by atoms with van der Waals surface area (Å²) in [5, 5.41) is 0.515. The summed E-state index contributed by atoms with van der Waals surface area (Å²) < 4.78 is 3.63. The van der Waals surface area contributed by atoms with Crippen molar-refractivity contribution in [2.24, 2.45) is 0 Å². The van der Waals surface area contributed by atoms with Crippen molar-refractivity contribution in [1.82, 2.24) is 24.1 Å². The van der Waals surface area contributed by atoms with Gasteiger partial charge in [0.05, 0.1) is 11.0 Å². The first-order valence-electron chi connectivity index (χ1n) is 9.83. The third-order valence-corrected chi connectivity index (χ3v) is 5.55. The van der Waals surface area contributed by atoms with Crippen molar-refractivity contribution in [2.75, 3.05) is 0 Å². The van der Waals surface area contributed by atoms with E-state index in [0.29, 0.717) is 22.2 Å². The minimum absolute atomic E-state index is 0.0607. The summed E-state index contributed by atoms with van der Waals surface area (Å²) in [5.74, 6) is 0. The number of aryl methyl sites for hydroxylation is 1. The van der Waals surface area contributed by atoms with Crippen molar-refractivity contribution < 1.29 is 0 Å². The van der Waals surface area contributed by atoms with Gasteiger partial charge in [-0.3, -0.25) is 13.9 Å². The number of rotatable bonds is 3. The Morgan fingerprint density at radius 3 is 2.34 bits per heavy atom. The lowest BCUT2D eigenvalue weighted by molar-refractivity contribution is 0.510. The molecule has 0 radical (unpaired) electrons. The highest BCUT2D eigenvalue weighted by molar-refractivity contribution is 6.05. The van der Waals surface area contributed by atoms with E-state index in [9.17, 15) is 4.79 Å². The lowest BCUT2D eigenvalue weighted by Gasteiger charge is -2.12. The zero-order valence-corrected chi connectivity index (χ0v) is 16.6. The minimum Gasteiger partial charge on any atom is -0.296 e. The van der Waals surface area contributed by atoms with E-state index in [0.717, 1.165) is 28.7 Å². The van der Waals surface area contributed by atoms with Crippen LogP contribution in [0.15, 0.2) is 59.7 Å². The molecule has 5 aromatic rings. The van der Waals surface area contributed by atoms with Crippen LogP contribution in [0.4, 0.5) is 0 Å². The zero-order chi connectivity index (χ0) is 20.1. The summed E-state index contributed by atoms with van der Waals surface area (Å²) in [4.78, 5) is 27.8. The Bertz CT molecular complexity index is 1430. The van der Waals surface area contributed by atoms with Crippen LogP contribution in [-0.4, -0.2) is 24.1 Å². The molecule has 29 heavy (non-hydrogen) atoms. The molecule has 3 aromatic heterocycles. The summed E-state index contributed by atoms with van der Waals surface area (Å²) >= 11 is 0. The number of aromatic nitrogens is 5. The van der Waals surface area contributed by atoms with Crippen molar-refractivity contribution in [3.8, 4) is 5.69 Å². The van der Waals surface area contributed by atoms with E-state index in [-0.39, 0.29) is 11.6 Å². The molecule has 0 aliphatic heterocycles. The van der Waals surface area contributed by atoms with Crippen LogP contribution < -0.4 is 5.56 Å². The van der Waals surface area contributed by atoms with E-state index in [2.05, 4.69) is 11.9 Å². The third kappa shape index (κ3) is 2.63. The largest absolute Gasteiger partial charge is 0.296 e. The van der Waals surface area contributed by atoms with Crippen LogP contribution in [0.5, 0.6) is 0 Å². The molecule has 0 unspecified atom stereocenters. The summed E-state index contributed by atoms with van der Waals surface area (Å²) in [6, 6.07) is 15.9. The van der Waals surface area contributed by atoms with E-state index >= 15 is 0 Å². The van der Waals surface area contributed by atoms with Crippen molar-refractivity contribution in [1.29, 1.82) is 0 Å². The van der Waals surface area contributed by atoms with Crippen LogP contribution in [0.3, 0.4) is 0 Å². The molecule has 6 heteroatoms. The van der Waals surface area contributed by atoms with Gasteiger partial charge >= 0.3 is 0 Å². The van der Waals surface area contributed by atoms with Crippen LogP contribution in [0.2, 0.25) is 0 Å². The van der Waals surface area contributed by atoms with E-state index in [1.807, 2.05) is 66.9 Å². The maximum atomic E-state index is 13.4. The van der Waals surface area contributed by atoms with Crippen molar-refractivity contribution in [2.45, 2.75) is 33.2 Å². The molecule has 6 nitrogen and oxygen atoms in total. The Kier molecular flexibility index (Phi) is 3.94. The molecular formula is C23H21N5O. The topological polar surface area (TPSA) is 65.6 Å². The first-order chi connectivity index (χ1) is 14.1. The summed E-state index contributed by atoms with van der Waals surface area (Å²) in [7, 11) is 0. The van der Waals surface area contributed by atoms with E-state index in [1.54, 1.807) is 10.9 Å². The number of benzene rings is 2. The summed E-state index contributed by atoms with van der Waals surface area (Å²) in [5.41, 5.74) is 5.38. The van der Waals surface area contributed by atoms with Gasteiger partial charge in [0.2, 0.25) is 0 Å². The molecule has 5 rings (SSSR count). The van der Waals surface area contributed by atoms with Gasteiger partial charge in [0.1, 0.15) is 17.2 Å². The highest BCUT2D eigenvalue weighted by Gasteiger charge is 2.21. The lowest BCUT2D eigenvalue weighted by atomic mass is 10.2. The quantitative estimate of drug-likeness (QED) is 0.458. The standard InChI is InChI=1S/C23H21N5O/c1-4-15(3)27-13-24-21-19(23(27)29)20-22(26-18-8-6-5-7-17(18)25-20)28(21)16-11-9-14(2)10-12-16/h5-13,15H,4H2,1-3H3/t15-/m0/s1. The number of nitrogens with zero attached hydrogens (tertiary/aromatic N) is 5. The predicted molar refractivity (Wildman–Crippen MR) is 116 cm³/mol. The molecule has 0 amide bonds. The van der Waals surface area contributed by atoms with Crippen LogP contribution in [0.1, 0.15) is 31.9 Å². The SMILES string of the molecule is CC[C@H](C)n1cnc2c(c1=O)c1nc3ccccc3nc1n2-c1ccc(C)cc1. The fourth-order valence-corrected chi connectivity index (χ4v) is 3.70. The fourth-order valence-electron chi connectivity index (χ4n) is 3.70. The molecule has 0 saturated carbocycles. The Hall–Kier alpha value is -3.54. The maximum Gasteiger partial charge on any atom is 0.265 e. The second-order valence-corrected chi connectivity index (χ2v) is 7.47. The van der Waals surface area contributed by atoms with Crippen LogP contribution in [0.25, 0.3) is 38.9 Å². The molecule has 0 fully saturated rings. The summed E-state index contributed by atoms with van der Waals surface area (Å²) in [6.45, 7) is 6.13. The van der Waals surface area contributed by atoms with Crippen LogP contribution in [0, 0.1) is 6.92 Å². The zero-order valence-electron chi connectivity index (χ0n) is 16.6. The molecule has 144 valence electrons. The van der Waals surface area contributed by atoms with Gasteiger partial charge in [-0.15, -0.1) is 0 Å². The Labute approximate surface area is 167 Å². The fraction of sp³-hybridized carbons (Fsp3) is 0.217. The third-order valence-electron chi connectivity index (χ3n) is 5.55. The number of hydrogen-bond acceptors (Lipinski definition) is 4. The number of hydrogen-bond donors (Lipinski definition) is 0. The average molecular weight is 383 g/mol. The molecule has 0 N–H and O–H groups in total. The van der Waals surface area contributed by atoms with Crippen LogP contribution >= 0.6 is 0 Å².